The summed E-state index contributed by atoms with van der Waals surface area (Å²) in [7, 11) is 0. The number of rotatable bonds is 7. The summed E-state index contributed by atoms with van der Waals surface area (Å²) in [4.78, 5) is 12.7. The maximum absolute atomic E-state index is 12.7. The number of amides is 1. The average molecular weight is 404 g/mol. The van der Waals surface area contributed by atoms with Gasteiger partial charge in [0.15, 0.2) is 0 Å². The lowest BCUT2D eigenvalue weighted by molar-refractivity contribution is -0.126. The van der Waals surface area contributed by atoms with Gasteiger partial charge in [0.1, 0.15) is 5.75 Å². The second-order valence-corrected chi connectivity index (χ2v) is 8.25. The van der Waals surface area contributed by atoms with Crippen LogP contribution in [0.1, 0.15) is 49.1 Å². The summed E-state index contributed by atoms with van der Waals surface area (Å²) in [5.41, 5.74) is 8.43. The van der Waals surface area contributed by atoms with Gasteiger partial charge in [-0.05, 0) is 55.4 Å². The molecule has 156 valence electrons. The minimum atomic E-state index is 0.0814. The molecule has 2 unspecified atom stereocenters. The SMILES string of the molecule is N=C/C(=C\N)c1cccc(OC2CCC(C(=O)NC3CC3c3ccccc3)CC2)c1. The Bertz CT molecular complexity index is 917. The first-order valence-electron chi connectivity index (χ1n) is 10.7. The van der Waals surface area contributed by atoms with Gasteiger partial charge in [-0.3, -0.25) is 4.79 Å². The van der Waals surface area contributed by atoms with Crippen LogP contribution in [-0.2, 0) is 4.79 Å². The molecule has 2 fully saturated rings. The van der Waals surface area contributed by atoms with E-state index < -0.39 is 0 Å². The molecule has 0 heterocycles. The van der Waals surface area contributed by atoms with Gasteiger partial charge >= 0.3 is 0 Å². The molecule has 0 bridgehead atoms. The van der Waals surface area contributed by atoms with E-state index in [-0.39, 0.29) is 24.0 Å². The van der Waals surface area contributed by atoms with Gasteiger partial charge in [0.25, 0.3) is 0 Å². The number of carbonyl (C=O) groups excluding carboxylic acids is 1. The lowest BCUT2D eigenvalue weighted by Gasteiger charge is -2.28. The van der Waals surface area contributed by atoms with Gasteiger partial charge < -0.3 is 21.2 Å². The van der Waals surface area contributed by atoms with Crippen LogP contribution in [0.4, 0.5) is 0 Å². The number of benzene rings is 2. The Balaban J connectivity index is 1.25. The van der Waals surface area contributed by atoms with Crippen LogP contribution in [0.2, 0.25) is 0 Å². The zero-order valence-corrected chi connectivity index (χ0v) is 17.1. The summed E-state index contributed by atoms with van der Waals surface area (Å²) in [5, 5.41) is 10.7. The molecular weight excluding hydrogens is 374 g/mol. The van der Waals surface area contributed by atoms with Crippen LogP contribution in [0.5, 0.6) is 5.75 Å². The van der Waals surface area contributed by atoms with Crippen LogP contribution in [0.3, 0.4) is 0 Å². The first-order valence-corrected chi connectivity index (χ1v) is 10.7. The van der Waals surface area contributed by atoms with Crippen molar-refractivity contribution >= 4 is 17.7 Å². The first kappa shape index (κ1) is 20.2. The molecule has 4 rings (SSSR count). The smallest absolute Gasteiger partial charge is 0.223 e. The Labute approximate surface area is 177 Å². The third-order valence-electron chi connectivity index (χ3n) is 6.20. The fraction of sp³-hybridized carbons (Fsp3) is 0.360. The van der Waals surface area contributed by atoms with Crippen molar-refractivity contribution < 1.29 is 9.53 Å². The van der Waals surface area contributed by atoms with E-state index in [9.17, 15) is 4.79 Å². The third kappa shape index (κ3) is 4.73. The summed E-state index contributed by atoms with van der Waals surface area (Å²) in [6.45, 7) is 0. The van der Waals surface area contributed by atoms with Crippen molar-refractivity contribution in [1.29, 1.82) is 5.41 Å². The number of allylic oxidation sites excluding steroid dienone is 1. The lowest BCUT2D eigenvalue weighted by atomic mass is 9.86. The second-order valence-electron chi connectivity index (χ2n) is 8.25. The van der Waals surface area contributed by atoms with E-state index in [1.807, 2.05) is 30.3 Å². The molecule has 2 atom stereocenters. The fourth-order valence-electron chi connectivity index (χ4n) is 4.34. The molecule has 0 radical (unpaired) electrons. The fourth-order valence-corrected chi connectivity index (χ4v) is 4.34. The molecule has 5 heteroatoms. The largest absolute Gasteiger partial charge is 0.490 e. The summed E-state index contributed by atoms with van der Waals surface area (Å²) in [6, 6.07) is 18.4. The van der Waals surface area contributed by atoms with Crippen LogP contribution < -0.4 is 15.8 Å². The lowest BCUT2D eigenvalue weighted by Crippen LogP contribution is -2.36. The molecule has 2 aliphatic carbocycles. The summed E-state index contributed by atoms with van der Waals surface area (Å²) in [6.07, 6.45) is 7.29. The van der Waals surface area contributed by atoms with Crippen molar-refractivity contribution in [3.05, 3.63) is 71.9 Å². The zero-order chi connectivity index (χ0) is 20.9. The Morgan fingerprint density at radius 1 is 1.07 bits per heavy atom. The highest BCUT2D eigenvalue weighted by Gasteiger charge is 2.40. The molecule has 0 aliphatic heterocycles. The Kier molecular flexibility index (Phi) is 6.17. The molecule has 5 nitrogen and oxygen atoms in total. The highest BCUT2D eigenvalue weighted by Crippen LogP contribution is 2.41. The van der Waals surface area contributed by atoms with E-state index in [1.165, 1.54) is 18.0 Å². The van der Waals surface area contributed by atoms with Crippen LogP contribution >= 0.6 is 0 Å². The monoisotopic (exact) mass is 403 g/mol. The second kappa shape index (κ2) is 9.16. The van der Waals surface area contributed by atoms with E-state index in [4.69, 9.17) is 15.9 Å². The molecule has 1 amide bonds. The van der Waals surface area contributed by atoms with E-state index in [2.05, 4.69) is 29.6 Å². The number of carbonyl (C=O) groups is 1. The normalized spacial score (nSPS) is 25.9. The van der Waals surface area contributed by atoms with Crippen LogP contribution in [-0.4, -0.2) is 24.3 Å². The predicted molar refractivity (Wildman–Crippen MR) is 119 cm³/mol. The van der Waals surface area contributed by atoms with Gasteiger partial charge in [0.05, 0.1) is 6.10 Å². The molecule has 0 spiro atoms. The summed E-state index contributed by atoms with van der Waals surface area (Å²) in [5.74, 6) is 1.53. The highest BCUT2D eigenvalue weighted by molar-refractivity contribution is 6.08. The molecule has 4 N–H and O–H groups in total. The standard InChI is InChI=1S/C25H29N3O2/c26-15-20(16-27)19-7-4-8-22(13-19)30-21-11-9-18(10-12-21)25(29)28-24-14-23(24)17-5-2-1-3-6-17/h1-8,13,15-16,18,21,23-24,26H,9-12,14,27H2,(H,28,29)/b20-16+,26-15?. The zero-order valence-electron chi connectivity index (χ0n) is 17.1. The minimum Gasteiger partial charge on any atom is -0.490 e. The topological polar surface area (TPSA) is 88.2 Å². The Morgan fingerprint density at radius 3 is 2.53 bits per heavy atom. The molecule has 0 aromatic heterocycles. The molecular formula is C25H29N3O2. The van der Waals surface area contributed by atoms with Gasteiger partial charge in [-0.1, -0.05) is 42.5 Å². The van der Waals surface area contributed by atoms with Gasteiger partial charge in [0.2, 0.25) is 5.91 Å². The predicted octanol–water partition coefficient (Wildman–Crippen LogP) is 4.25. The number of hydrogen-bond acceptors (Lipinski definition) is 4. The van der Waals surface area contributed by atoms with Crippen LogP contribution in [0, 0.1) is 11.3 Å². The van der Waals surface area contributed by atoms with Crippen molar-refractivity contribution in [2.45, 2.75) is 50.2 Å². The molecule has 2 aliphatic rings. The maximum atomic E-state index is 12.7. The quantitative estimate of drug-likeness (QED) is 0.604. The van der Waals surface area contributed by atoms with Crippen molar-refractivity contribution in [1.82, 2.24) is 5.32 Å². The Hall–Kier alpha value is -3.08. The molecule has 2 saturated carbocycles. The number of hydrogen-bond donors (Lipinski definition) is 3. The van der Waals surface area contributed by atoms with E-state index in [0.29, 0.717) is 11.5 Å². The minimum absolute atomic E-state index is 0.0814. The van der Waals surface area contributed by atoms with E-state index in [1.54, 1.807) is 0 Å². The van der Waals surface area contributed by atoms with E-state index in [0.717, 1.165) is 43.4 Å². The molecule has 30 heavy (non-hydrogen) atoms. The van der Waals surface area contributed by atoms with Gasteiger partial charge in [0, 0.05) is 35.9 Å². The van der Waals surface area contributed by atoms with Gasteiger partial charge in [-0.15, -0.1) is 0 Å². The number of ether oxygens (including phenoxy) is 1. The van der Waals surface area contributed by atoms with E-state index >= 15 is 0 Å². The average Bonchev–Trinajstić information content (AvgIpc) is 3.55. The van der Waals surface area contributed by atoms with Crippen LogP contribution in [0.15, 0.2) is 60.8 Å². The molecule has 0 saturated heterocycles. The first-order chi connectivity index (χ1) is 14.7. The number of nitrogens with one attached hydrogen (secondary N) is 2. The summed E-state index contributed by atoms with van der Waals surface area (Å²) < 4.78 is 6.16. The molecule has 2 aromatic carbocycles. The maximum Gasteiger partial charge on any atom is 0.223 e. The van der Waals surface area contributed by atoms with Crippen LogP contribution in [0.25, 0.3) is 5.57 Å². The van der Waals surface area contributed by atoms with Crippen molar-refractivity contribution in [2.24, 2.45) is 11.7 Å². The third-order valence-corrected chi connectivity index (χ3v) is 6.20. The Morgan fingerprint density at radius 2 is 1.83 bits per heavy atom. The van der Waals surface area contributed by atoms with Crippen molar-refractivity contribution in [3.63, 3.8) is 0 Å². The highest BCUT2D eigenvalue weighted by atomic mass is 16.5. The van der Waals surface area contributed by atoms with Gasteiger partial charge in [-0.2, -0.15) is 0 Å². The van der Waals surface area contributed by atoms with Gasteiger partial charge in [-0.25, -0.2) is 0 Å². The van der Waals surface area contributed by atoms with Crippen molar-refractivity contribution in [2.75, 3.05) is 0 Å². The van der Waals surface area contributed by atoms with Crippen molar-refractivity contribution in [3.8, 4) is 5.75 Å². The molecule has 2 aromatic rings. The number of nitrogens with two attached hydrogens (primary N) is 1. The summed E-state index contributed by atoms with van der Waals surface area (Å²) >= 11 is 0.